The molecule has 1 aromatic heterocycles. The third-order valence-electron chi connectivity index (χ3n) is 8.10. The molecule has 0 saturated heterocycles. The zero-order valence-electron chi connectivity index (χ0n) is 27.6. The Bertz CT molecular complexity index is 1960. The minimum absolute atomic E-state index is 0.102. The lowest BCUT2D eigenvalue weighted by Gasteiger charge is -2.36. The molecule has 237 valence electrons. The standard InChI is InChI=1S/C41H40N3O3/c1-29(2)46-38-26-33(24-25-35(38)39(45)47-40(3,4)5)32-22-20-31(21-23-32)28-41(34-16-10-7-11-17-34,27-30-14-8-6-9-15-30)44-37-19-13-12-18-36(37)42-43-44/h7-26,29H,27-28H2,1-5H3. The van der Waals surface area contributed by atoms with Crippen LogP contribution in [0.3, 0.4) is 0 Å². The number of benzene rings is 5. The van der Waals surface area contributed by atoms with Crippen molar-refractivity contribution in [2.75, 3.05) is 0 Å². The molecule has 0 amide bonds. The van der Waals surface area contributed by atoms with E-state index in [0.717, 1.165) is 33.3 Å². The van der Waals surface area contributed by atoms with Gasteiger partial charge in [0.15, 0.2) is 0 Å². The molecular formula is C41H40N3O3. The summed E-state index contributed by atoms with van der Waals surface area (Å²) < 4.78 is 13.9. The Labute approximate surface area is 277 Å². The molecule has 47 heavy (non-hydrogen) atoms. The highest BCUT2D eigenvalue weighted by Gasteiger charge is 2.37. The van der Waals surface area contributed by atoms with Gasteiger partial charge in [-0.3, -0.25) is 0 Å². The SMILES string of the molecule is CC(C)Oc1cc(-c2ccc(CC(Cc3cc[c]cc3)(c3ccccc3)n3nnc4ccccc43)cc2)ccc1C(=O)OC(C)(C)C. The first-order valence-electron chi connectivity index (χ1n) is 16.1. The number of fused-ring (bicyclic) bond motifs is 1. The highest BCUT2D eigenvalue weighted by Crippen LogP contribution is 2.37. The number of nitrogens with zero attached hydrogens (tertiary/aromatic N) is 3. The van der Waals surface area contributed by atoms with Crippen LogP contribution in [0.25, 0.3) is 22.2 Å². The van der Waals surface area contributed by atoms with Crippen molar-refractivity contribution in [1.29, 1.82) is 0 Å². The van der Waals surface area contributed by atoms with E-state index in [1.54, 1.807) is 6.07 Å². The molecule has 1 atom stereocenters. The predicted molar refractivity (Wildman–Crippen MR) is 187 cm³/mol. The summed E-state index contributed by atoms with van der Waals surface area (Å²) in [6.07, 6.45) is 1.29. The lowest BCUT2D eigenvalue weighted by atomic mass is 9.78. The van der Waals surface area contributed by atoms with Crippen LogP contribution in [-0.2, 0) is 23.1 Å². The van der Waals surface area contributed by atoms with E-state index in [0.29, 0.717) is 24.2 Å². The fraction of sp³-hybridized carbons (Fsp3) is 0.244. The average Bonchev–Trinajstić information content (AvgIpc) is 3.49. The molecule has 1 radical (unpaired) electrons. The number of ether oxygens (including phenoxy) is 2. The van der Waals surface area contributed by atoms with Crippen LogP contribution >= 0.6 is 0 Å². The summed E-state index contributed by atoms with van der Waals surface area (Å²) in [5.74, 6) is 0.112. The predicted octanol–water partition coefficient (Wildman–Crippen LogP) is 8.87. The van der Waals surface area contributed by atoms with Crippen LogP contribution in [0.15, 0.2) is 121 Å². The van der Waals surface area contributed by atoms with Gasteiger partial charge in [0.25, 0.3) is 0 Å². The zero-order valence-corrected chi connectivity index (χ0v) is 27.6. The zero-order chi connectivity index (χ0) is 33.0. The molecule has 6 aromatic rings. The van der Waals surface area contributed by atoms with Crippen LogP contribution in [0.1, 0.15) is 61.7 Å². The molecule has 1 heterocycles. The number of esters is 1. The second-order valence-corrected chi connectivity index (χ2v) is 13.2. The van der Waals surface area contributed by atoms with Gasteiger partial charge in [-0.15, -0.1) is 5.10 Å². The van der Waals surface area contributed by atoms with E-state index in [2.05, 4.69) is 82.6 Å². The molecule has 0 aliphatic heterocycles. The first kappa shape index (κ1) is 31.7. The Morgan fingerprint density at radius 3 is 2.11 bits per heavy atom. The molecule has 0 bridgehead atoms. The Hall–Kier alpha value is -5.23. The first-order valence-corrected chi connectivity index (χ1v) is 16.1. The quantitative estimate of drug-likeness (QED) is 0.143. The number of rotatable bonds is 10. The molecule has 0 aliphatic rings. The van der Waals surface area contributed by atoms with Crippen LogP contribution < -0.4 is 4.74 Å². The normalized spacial score (nSPS) is 13.0. The van der Waals surface area contributed by atoms with Gasteiger partial charge in [-0.2, -0.15) is 0 Å². The van der Waals surface area contributed by atoms with Gasteiger partial charge in [0.1, 0.15) is 22.4 Å². The van der Waals surface area contributed by atoms with E-state index in [1.807, 2.05) is 83.1 Å². The summed E-state index contributed by atoms with van der Waals surface area (Å²) in [6.45, 7) is 9.48. The average molecular weight is 623 g/mol. The maximum Gasteiger partial charge on any atom is 0.342 e. The van der Waals surface area contributed by atoms with Gasteiger partial charge in [-0.05, 0) is 92.8 Å². The van der Waals surface area contributed by atoms with E-state index in [4.69, 9.17) is 14.7 Å². The third kappa shape index (κ3) is 7.12. The Kier molecular flexibility index (Phi) is 8.95. The van der Waals surface area contributed by atoms with Crippen LogP contribution in [0, 0.1) is 6.07 Å². The summed E-state index contributed by atoms with van der Waals surface area (Å²) in [7, 11) is 0. The van der Waals surface area contributed by atoms with Crippen molar-refractivity contribution >= 4 is 17.0 Å². The third-order valence-corrected chi connectivity index (χ3v) is 8.10. The van der Waals surface area contributed by atoms with Gasteiger partial charge < -0.3 is 9.47 Å². The monoisotopic (exact) mass is 622 g/mol. The number of aromatic nitrogens is 3. The van der Waals surface area contributed by atoms with Crippen molar-refractivity contribution < 1.29 is 14.3 Å². The molecule has 0 aliphatic carbocycles. The van der Waals surface area contributed by atoms with E-state index in [1.165, 1.54) is 5.56 Å². The molecule has 6 heteroatoms. The molecule has 6 nitrogen and oxygen atoms in total. The van der Waals surface area contributed by atoms with Gasteiger partial charge in [0.2, 0.25) is 0 Å². The lowest BCUT2D eigenvalue weighted by Crippen LogP contribution is -2.40. The Morgan fingerprint density at radius 1 is 0.787 bits per heavy atom. The Morgan fingerprint density at radius 2 is 1.43 bits per heavy atom. The molecule has 0 saturated carbocycles. The second-order valence-electron chi connectivity index (χ2n) is 13.2. The summed E-state index contributed by atoms with van der Waals surface area (Å²) in [5.41, 5.74) is 6.57. The lowest BCUT2D eigenvalue weighted by molar-refractivity contribution is 0.00648. The van der Waals surface area contributed by atoms with E-state index in [-0.39, 0.29) is 6.10 Å². The molecule has 1 unspecified atom stereocenters. The summed E-state index contributed by atoms with van der Waals surface area (Å²) >= 11 is 0. The van der Waals surface area contributed by atoms with Crippen molar-refractivity contribution in [2.24, 2.45) is 0 Å². The van der Waals surface area contributed by atoms with Crippen LogP contribution in [0.2, 0.25) is 0 Å². The number of para-hydroxylation sites is 1. The van der Waals surface area contributed by atoms with Crippen LogP contribution in [0.5, 0.6) is 5.75 Å². The maximum absolute atomic E-state index is 13.0. The second kappa shape index (κ2) is 13.2. The van der Waals surface area contributed by atoms with Crippen molar-refractivity contribution in [3.8, 4) is 16.9 Å². The number of carbonyl (C=O) groups is 1. The van der Waals surface area contributed by atoms with Gasteiger partial charge in [0.05, 0.1) is 17.2 Å². The molecule has 0 fully saturated rings. The van der Waals surface area contributed by atoms with E-state index in [9.17, 15) is 4.79 Å². The number of hydrogen-bond donors (Lipinski definition) is 0. The minimum Gasteiger partial charge on any atom is -0.490 e. The van der Waals surface area contributed by atoms with E-state index < -0.39 is 17.1 Å². The topological polar surface area (TPSA) is 66.2 Å². The van der Waals surface area contributed by atoms with Crippen molar-refractivity contribution in [2.45, 2.75) is 64.7 Å². The number of carbonyl (C=O) groups excluding carboxylic acids is 1. The number of hydrogen-bond acceptors (Lipinski definition) is 5. The maximum atomic E-state index is 13.0. The molecule has 0 N–H and O–H groups in total. The fourth-order valence-electron chi connectivity index (χ4n) is 6.06. The van der Waals surface area contributed by atoms with Crippen LogP contribution in [0.4, 0.5) is 0 Å². The molecule has 0 spiro atoms. The largest absolute Gasteiger partial charge is 0.490 e. The van der Waals surface area contributed by atoms with Gasteiger partial charge >= 0.3 is 5.97 Å². The van der Waals surface area contributed by atoms with Gasteiger partial charge in [-0.25, -0.2) is 9.48 Å². The van der Waals surface area contributed by atoms with Gasteiger partial charge in [0, 0.05) is 12.8 Å². The smallest absolute Gasteiger partial charge is 0.342 e. The molecule has 6 rings (SSSR count). The van der Waals surface area contributed by atoms with Gasteiger partial charge in [-0.1, -0.05) is 102 Å². The Balaban J connectivity index is 1.40. The summed E-state index contributed by atoms with van der Waals surface area (Å²) in [5, 5.41) is 9.36. The van der Waals surface area contributed by atoms with Crippen LogP contribution in [-0.4, -0.2) is 32.7 Å². The minimum atomic E-state index is -0.604. The van der Waals surface area contributed by atoms with Crippen molar-refractivity contribution in [1.82, 2.24) is 15.0 Å². The van der Waals surface area contributed by atoms with Crippen molar-refractivity contribution in [3.05, 3.63) is 150 Å². The highest BCUT2D eigenvalue weighted by molar-refractivity contribution is 5.93. The fourth-order valence-corrected chi connectivity index (χ4v) is 6.06. The summed E-state index contributed by atoms with van der Waals surface area (Å²) in [4.78, 5) is 13.0. The summed E-state index contributed by atoms with van der Waals surface area (Å²) in [6, 6.07) is 44.3. The van der Waals surface area contributed by atoms with Crippen molar-refractivity contribution in [3.63, 3.8) is 0 Å². The highest BCUT2D eigenvalue weighted by atomic mass is 16.6. The first-order chi connectivity index (χ1) is 22.6. The molecule has 5 aromatic carbocycles. The van der Waals surface area contributed by atoms with E-state index >= 15 is 0 Å². The molecular weight excluding hydrogens is 582 g/mol.